The van der Waals surface area contributed by atoms with Gasteiger partial charge in [0.05, 0.1) is 24.5 Å². The van der Waals surface area contributed by atoms with E-state index in [1.165, 1.54) is 6.20 Å². The van der Waals surface area contributed by atoms with Crippen LogP contribution in [0.25, 0.3) is 0 Å². The summed E-state index contributed by atoms with van der Waals surface area (Å²) < 4.78 is 11.2. The van der Waals surface area contributed by atoms with Crippen LogP contribution < -0.4 is 15.0 Å². The number of carbonyl (C=O) groups is 2. The molecule has 2 aromatic rings. The van der Waals surface area contributed by atoms with Gasteiger partial charge in [-0.2, -0.15) is 0 Å². The molecule has 1 saturated heterocycles. The first-order valence-electron chi connectivity index (χ1n) is 9.75. The van der Waals surface area contributed by atoms with Crippen molar-refractivity contribution in [2.24, 2.45) is 0 Å². The maximum atomic E-state index is 12.8. The predicted octanol–water partition coefficient (Wildman–Crippen LogP) is 1.78. The number of pyridine rings is 1. The lowest BCUT2D eigenvalue weighted by molar-refractivity contribution is -0.125. The lowest BCUT2D eigenvalue weighted by Crippen LogP contribution is -2.48. The number of nitrogens with one attached hydrogen (secondary N) is 1. The fourth-order valence-electron chi connectivity index (χ4n) is 3.48. The molecule has 3 heterocycles. The molecule has 1 atom stereocenters. The minimum Gasteiger partial charge on any atom is -0.479 e. The van der Waals surface area contributed by atoms with Crippen LogP contribution in [0.4, 0.5) is 11.4 Å². The first-order valence-corrected chi connectivity index (χ1v) is 9.75. The third-order valence-electron chi connectivity index (χ3n) is 5.09. The largest absolute Gasteiger partial charge is 0.479 e. The quantitative estimate of drug-likeness (QED) is 0.830. The van der Waals surface area contributed by atoms with Gasteiger partial charge in [0.1, 0.15) is 5.75 Å². The molecule has 0 bridgehead atoms. The second kappa shape index (κ2) is 8.59. The average molecular weight is 396 g/mol. The molecule has 1 unspecified atom stereocenters. The van der Waals surface area contributed by atoms with Crippen molar-refractivity contribution in [3.63, 3.8) is 0 Å². The van der Waals surface area contributed by atoms with Crippen molar-refractivity contribution in [3.8, 4) is 5.75 Å². The summed E-state index contributed by atoms with van der Waals surface area (Å²) in [5, 5.41) is 2.86. The van der Waals surface area contributed by atoms with Crippen LogP contribution in [0.5, 0.6) is 5.75 Å². The van der Waals surface area contributed by atoms with Gasteiger partial charge in [-0.3, -0.25) is 19.5 Å². The number of ether oxygens (including phenoxy) is 2. The Morgan fingerprint density at radius 1 is 1.24 bits per heavy atom. The van der Waals surface area contributed by atoms with E-state index in [-0.39, 0.29) is 11.8 Å². The Morgan fingerprint density at radius 3 is 2.83 bits per heavy atom. The summed E-state index contributed by atoms with van der Waals surface area (Å²) in [5.74, 6) is 0.300. The Bertz CT molecular complexity index is 884. The monoisotopic (exact) mass is 396 g/mol. The molecule has 0 radical (unpaired) electrons. The predicted molar refractivity (Wildman–Crippen MR) is 108 cm³/mol. The van der Waals surface area contributed by atoms with E-state index in [9.17, 15) is 9.59 Å². The fraction of sp³-hybridized carbons (Fsp3) is 0.381. The van der Waals surface area contributed by atoms with Gasteiger partial charge in [-0.05, 0) is 37.3 Å². The van der Waals surface area contributed by atoms with Crippen molar-refractivity contribution in [2.45, 2.75) is 13.0 Å². The maximum absolute atomic E-state index is 12.8. The van der Waals surface area contributed by atoms with E-state index in [0.717, 1.165) is 19.6 Å². The normalized spacial score (nSPS) is 19.4. The first kappa shape index (κ1) is 19.4. The Labute approximate surface area is 169 Å². The van der Waals surface area contributed by atoms with Crippen LogP contribution in [0, 0.1) is 0 Å². The number of rotatable bonds is 5. The van der Waals surface area contributed by atoms with Crippen molar-refractivity contribution >= 4 is 23.2 Å². The molecular weight excluding hydrogens is 372 g/mol. The van der Waals surface area contributed by atoms with Crippen LogP contribution in [-0.2, 0) is 9.53 Å². The highest BCUT2D eigenvalue weighted by molar-refractivity contribution is 6.05. The topological polar surface area (TPSA) is 84.0 Å². The van der Waals surface area contributed by atoms with Crippen molar-refractivity contribution < 1.29 is 19.1 Å². The second-order valence-corrected chi connectivity index (χ2v) is 7.08. The van der Waals surface area contributed by atoms with Gasteiger partial charge in [0.2, 0.25) is 0 Å². The minimum atomic E-state index is -0.539. The molecule has 1 aromatic heterocycles. The van der Waals surface area contributed by atoms with Crippen molar-refractivity contribution in [2.75, 3.05) is 49.6 Å². The van der Waals surface area contributed by atoms with E-state index in [1.807, 2.05) is 0 Å². The van der Waals surface area contributed by atoms with Crippen LogP contribution in [0.2, 0.25) is 0 Å². The van der Waals surface area contributed by atoms with E-state index in [2.05, 4.69) is 15.2 Å². The summed E-state index contributed by atoms with van der Waals surface area (Å²) in [6.07, 6.45) is 2.59. The van der Waals surface area contributed by atoms with Crippen molar-refractivity contribution in [1.29, 1.82) is 0 Å². The molecular formula is C21H24N4O4. The van der Waals surface area contributed by atoms with Gasteiger partial charge in [0, 0.05) is 44.3 Å². The summed E-state index contributed by atoms with van der Waals surface area (Å²) in [4.78, 5) is 33.2. The molecule has 8 nitrogen and oxygen atoms in total. The van der Waals surface area contributed by atoms with E-state index in [1.54, 1.807) is 48.4 Å². The summed E-state index contributed by atoms with van der Waals surface area (Å²) in [5.41, 5.74) is 1.74. The third kappa shape index (κ3) is 4.38. The van der Waals surface area contributed by atoms with Gasteiger partial charge in [0.25, 0.3) is 11.8 Å². The lowest BCUT2D eigenvalue weighted by atomic mass is 10.1. The van der Waals surface area contributed by atoms with Crippen LogP contribution in [0.3, 0.4) is 0 Å². The van der Waals surface area contributed by atoms with E-state index in [4.69, 9.17) is 9.47 Å². The van der Waals surface area contributed by atoms with Gasteiger partial charge in [-0.25, -0.2) is 0 Å². The highest BCUT2D eigenvalue weighted by atomic mass is 16.5. The number of hydrogen-bond donors (Lipinski definition) is 1. The molecule has 0 aliphatic carbocycles. The van der Waals surface area contributed by atoms with Crippen molar-refractivity contribution in [3.05, 3.63) is 48.3 Å². The molecule has 1 aromatic carbocycles. The van der Waals surface area contributed by atoms with Crippen LogP contribution >= 0.6 is 0 Å². The number of morpholine rings is 1. The number of carbonyl (C=O) groups excluding carboxylic acids is 2. The van der Waals surface area contributed by atoms with Gasteiger partial charge < -0.3 is 19.7 Å². The third-order valence-corrected chi connectivity index (χ3v) is 5.09. The molecule has 2 aliphatic heterocycles. The highest BCUT2D eigenvalue weighted by Crippen LogP contribution is 2.36. The van der Waals surface area contributed by atoms with Crippen molar-refractivity contribution in [1.82, 2.24) is 9.88 Å². The zero-order valence-electron chi connectivity index (χ0n) is 16.3. The summed E-state index contributed by atoms with van der Waals surface area (Å²) >= 11 is 0. The van der Waals surface area contributed by atoms with Crippen LogP contribution in [0.1, 0.15) is 17.3 Å². The average Bonchev–Trinajstić information content (AvgIpc) is 2.76. The Hall–Kier alpha value is -2.97. The smallest absolute Gasteiger partial charge is 0.267 e. The number of nitrogens with zero attached hydrogens (tertiary/aromatic N) is 3. The number of anilines is 2. The summed E-state index contributed by atoms with van der Waals surface area (Å²) in [6, 6.07) is 8.76. The molecule has 2 amide bonds. The number of hydrogen-bond acceptors (Lipinski definition) is 6. The zero-order valence-corrected chi connectivity index (χ0v) is 16.3. The first-order chi connectivity index (χ1) is 14.1. The number of aromatic nitrogens is 1. The zero-order chi connectivity index (χ0) is 20.2. The minimum absolute atomic E-state index is 0.0819. The number of benzene rings is 1. The Kier molecular flexibility index (Phi) is 5.73. The fourth-order valence-corrected chi connectivity index (χ4v) is 3.48. The van der Waals surface area contributed by atoms with Gasteiger partial charge in [-0.15, -0.1) is 0 Å². The van der Waals surface area contributed by atoms with Crippen LogP contribution in [-0.4, -0.2) is 67.2 Å². The number of fused-ring (bicyclic) bond motifs is 1. The lowest BCUT2D eigenvalue weighted by Gasteiger charge is -2.35. The van der Waals surface area contributed by atoms with E-state index >= 15 is 0 Å². The summed E-state index contributed by atoms with van der Waals surface area (Å²) in [6.45, 7) is 6.23. The van der Waals surface area contributed by atoms with Gasteiger partial charge in [0.15, 0.2) is 6.10 Å². The maximum Gasteiger partial charge on any atom is 0.267 e. The van der Waals surface area contributed by atoms with Crippen LogP contribution in [0.15, 0.2) is 42.7 Å². The van der Waals surface area contributed by atoms with Gasteiger partial charge >= 0.3 is 0 Å². The molecule has 0 spiro atoms. The molecule has 1 N–H and O–H groups in total. The number of amides is 2. The Balaban J connectivity index is 1.52. The molecule has 0 saturated carbocycles. The molecule has 1 fully saturated rings. The second-order valence-electron chi connectivity index (χ2n) is 7.08. The molecule has 2 aliphatic rings. The SMILES string of the molecule is CC1Oc2ccc(NC(=O)c3cccnc3)cc2N(CCN2CCOCC2)C1=O. The van der Waals surface area contributed by atoms with E-state index < -0.39 is 6.10 Å². The molecule has 8 heteroatoms. The van der Waals surface area contributed by atoms with E-state index in [0.29, 0.717) is 42.4 Å². The van der Waals surface area contributed by atoms with Gasteiger partial charge in [-0.1, -0.05) is 0 Å². The highest BCUT2D eigenvalue weighted by Gasteiger charge is 2.32. The molecule has 152 valence electrons. The summed E-state index contributed by atoms with van der Waals surface area (Å²) in [7, 11) is 0. The molecule has 29 heavy (non-hydrogen) atoms. The molecule has 4 rings (SSSR count). The standard InChI is InChI=1S/C21H24N4O4/c1-15-21(27)25(8-7-24-9-11-28-12-10-24)18-13-17(4-5-19(18)29-15)23-20(26)16-3-2-6-22-14-16/h2-6,13-15H,7-12H2,1H3,(H,23,26). The Morgan fingerprint density at radius 2 is 2.07 bits per heavy atom.